The lowest BCUT2D eigenvalue weighted by Crippen LogP contribution is -2.05. The van der Waals surface area contributed by atoms with E-state index >= 15 is 0 Å². The Morgan fingerprint density at radius 1 is 1.17 bits per heavy atom. The van der Waals surface area contributed by atoms with Crippen molar-refractivity contribution >= 4 is 11.4 Å². The number of nitrogens with one attached hydrogen (secondary N) is 1. The first-order chi connectivity index (χ1) is 8.65. The average Bonchev–Trinajstić information content (AvgIpc) is 2.34. The minimum absolute atomic E-state index is 0.184. The summed E-state index contributed by atoms with van der Waals surface area (Å²) in [7, 11) is 0. The minimum atomic E-state index is -0.184. The molecule has 0 heterocycles. The summed E-state index contributed by atoms with van der Waals surface area (Å²) >= 11 is 0. The molecule has 94 valence electrons. The molecule has 0 aliphatic rings. The monoisotopic (exact) mass is 244 g/mol. The lowest BCUT2D eigenvalue weighted by molar-refractivity contribution is 0.625. The smallest absolute Gasteiger partial charge is 0.123 e. The van der Waals surface area contributed by atoms with E-state index in [1.807, 2.05) is 31.2 Å². The summed E-state index contributed by atoms with van der Waals surface area (Å²) < 4.78 is 13.0. The molecule has 0 aromatic heterocycles. The molecule has 0 saturated heterocycles. The van der Waals surface area contributed by atoms with Crippen molar-refractivity contribution in [3.05, 3.63) is 59.4 Å². The van der Waals surface area contributed by atoms with Crippen LogP contribution in [0.3, 0.4) is 0 Å². The average molecular weight is 244 g/mol. The number of benzene rings is 2. The van der Waals surface area contributed by atoms with Crippen LogP contribution in [0.4, 0.5) is 15.8 Å². The second-order valence-electron chi connectivity index (χ2n) is 4.38. The standard InChI is InChI=1S/C15H17FN2/c1-11-9-14(5-6-15(11)17)18-8-7-12-3-2-4-13(16)10-12/h2-6,9-10,18H,7-8,17H2,1H3. The largest absolute Gasteiger partial charge is 0.399 e. The van der Waals surface area contributed by atoms with Gasteiger partial charge in [0.25, 0.3) is 0 Å². The summed E-state index contributed by atoms with van der Waals surface area (Å²) in [5, 5.41) is 3.30. The first-order valence-corrected chi connectivity index (χ1v) is 5.99. The van der Waals surface area contributed by atoms with E-state index in [1.165, 1.54) is 6.07 Å². The van der Waals surface area contributed by atoms with Crippen LogP contribution in [0.2, 0.25) is 0 Å². The van der Waals surface area contributed by atoms with Crippen LogP contribution in [-0.2, 0) is 6.42 Å². The van der Waals surface area contributed by atoms with Crippen LogP contribution in [0.25, 0.3) is 0 Å². The highest BCUT2D eigenvalue weighted by Crippen LogP contribution is 2.16. The molecule has 0 radical (unpaired) electrons. The molecule has 2 nitrogen and oxygen atoms in total. The zero-order chi connectivity index (χ0) is 13.0. The van der Waals surface area contributed by atoms with Gasteiger partial charge in [0.15, 0.2) is 0 Å². The van der Waals surface area contributed by atoms with Crippen molar-refractivity contribution in [3.63, 3.8) is 0 Å². The van der Waals surface area contributed by atoms with E-state index in [9.17, 15) is 4.39 Å². The predicted molar refractivity (Wildman–Crippen MR) is 74.2 cm³/mol. The molecule has 0 saturated carbocycles. The summed E-state index contributed by atoms with van der Waals surface area (Å²) in [6.45, 7) is 2.75. The number of nitrogen functional groups attached to an aromatic ring is 1. The molecule has 3 N–H and O–H groups in total. The molecule has 3 heteroatoms. The summed E-state index contributed by atoms with van der Waals surface area (Å²) in [6, 6.07) is 12.5. The number of anilines is 2. The Kier molecular flexibility index (Phi) is 3.82. The van der Waals surface area contributed by atoms with Crippen LogP contribution in [-0.4, -0.2) is 6.54 Å². The fourth-order valence-electron chi connectivity index (χ4n) is 1.83. The number of hydrogen-bond acceptors (Lipinski definition) is 2. The first kappa shape index (κ1) is 12.4. The molecule has 2 aromatic carbocycles. The van der Waals surface area contributed by atoms with Gasteiger partial charge in [0.2, 0.25) is 0 Å². The lowest BCUT2D eigenvalue weighted by Gasteiger charge is -2.08. The zero-order valence-corrected chi connectivity index (χ0v) is 10.4. The minimum Gasteiger partial charge on any atom is -0.399 e. The zero-order valence-electron chi connectivity index (χ0n) is 10.4. The normalized spacial score (nSPS) is 10.3. The Morgan fingerprint density at radius 2 is 2.00 bits per heavy atom. The summed E-state index contributed by atoms with van der Waals surface area (Å²) in [6.07, 6.45) is 0.793. The van der Waals surface area contributed by atoms with E-state index in [0.717, 1.165) is 35.5 Å². The summed E-state index contributed by atoms with van der Waals surface area (Å²) in [5.74, 6) is -0.184. The van der Waals surface area contributed by atoms with Crippen LogP contribution in [0.15, 0.2) is 42.5 Å². The van der Waals surface area contributed by atoms with E-state index in [4.69, 9.17) is 5.73 Å². The van der Waals surface area contributed by atoms with Crippen molar-refractivity contribution in [2.24, 2.45) is 0 Å². The van der Waals surface area contributed by atoms with Crippen molar-refractivity contribution in [1.29, 1.82) is 0 Å². The Labute approximate surface area is 107 Å². The van der Waals surface area contributed by atoms with Crippen molar-refractivity contribution in [2.45, 2.75) is 13.3 Å². The molecule has 0 aliphatic heterocycles. The molecule has 0 unspecified atom stereocenters. The molecule has 18 heavy (non-hydrogen) atoms. The second kappa shape index (κ2) is 5.54. The highest BCUT2D eigenvalue weighted by Gasteiger charge is 1.98. The van der Waals surface area contributed by atoms with E-state index in [2.05, 4.69) is 5.32 Å². The maximum atomic E-state index is 13.0. The van der Waals surface area contributed by atoms with Gasteiger partial charge in [-0.15, -0.1) is 0 Å². The number of nitrogens with two attached hydrogens (primary N) is 1. The van der Waals surface area contributed by atoms with Gasteiger partial charge in [0.1, 0.15) is 5.82 Å². The highest BCUT2D eigenvalue weighted by molar-refractivity contribution is 5.56. The van der Waals surface area contributed by atoms with Gasteiger partial charge in [-0.2, -0.15) is 0 Å². The van der Waals surface area contributed by atoms with Crippen molar-refractivity contribution in [2.75, 3.05) is 17.6 Å². The van der Waals surface area contributed by atoms with Gasteiger partial charge in [-0.1, -0.05) is 12.1 Å². The third-order valence-electron chi connectivity index (χ3n) is 2.90. The van der Waals surface area contributed by atoms with Crippen LogP contribution in [0.5, 0.6) is 0 Å². The van der Waals surface area contributed by atoms with Gasteiger partial charge >= 0.3 is 0 Å². The molecule has 2 rings (SSSR count). The Morgan fingerprint density at radius 3 is 2.72 bits per heavy atom. The predicted octanol–water partition coefficient (Wildman–Crippen LogP) is 3.37. The molecule has 0 aliphatic carbocycles. The molecule has 0 bridgehead atoms. The van der Waals surface area contributed by atoms with Gasteiger partial charge in [0.05, 0.1) is 0 Å². The van der Waals surface area contributed by atoms with Gasteiger partial charge in [-0.05, 0) is 54.8 Å². The molecule has 0 amide bonds. The Balaban J connectivity index is 1.90. The molecular formula is C15H17FN2. The molecule has 0 atom stereocenters. The molecule has 2 aromatic rings. The highest BCUT2D eigenvalue weighted by atomic mass is 19.1. The van der Waals surface area contributed by atoms with Crippen LogP contribution in [0, 0.1) is 12.7 Å². The van der Waals surface area contributed by atoms with Crippen molar-refractivity contribution in [3.8, 4) is 0 Å². The third-order valence-corrected chi connectivity index (χ3v) is 2.90. The van der Waals surface area contributed by atoms with Gasteiger partial charge in [-0.3, -0.25) is 0 Å². The van der Waals surface area contributed by atoms with Gasteiger partial charge in [0, 0.05) is 17.9 Å². The number of aryl methyl sites for hydroxylation is 1. The van der Waals surface area contributed by atoms with Crippen LogP contribution in [0.1, 0.15) is 11.1 Å². The lowest BCUT2D eigenvalue weighted by atomic mass is 10.1. The summed E-state index contributed by atoms with van der Waals surface area (Å²) in [4.78, 5) is 0. The van der Waals surface area contributed by atoms with E-state index in [1.54, 1.807) is 12.1 Å². The SMILES string of the molecule is Cc1cc(NCCc2cccc(F)c2)ccc1N. The van der Waals surface area contributed by atoms with Gasteiger partial charge < -0.3 is 11.1 Å². The van der Waals surface area contributed by atoms with E-state index < -0.39 is 0 Å². The second-order valence-corrected chi connectivity index (χ2v) is 4.38. The maximum Gasteiger partial charge on any atom is 0.123 e. The fourth-order valence-corrected chi connectivity index (χ4v) is 1.83. The molecule has 0 spiro atoms. The maximum absolute atomic E-state index is 13.0. The fraction of sp³-hybridized carbons (Fsp3) is 0.200. The number of rotatable bonds is 4. The quantitative estimate of drug-likeness (QED) is 0.809. The van der Waals surface area contributed by atoms with Crippen LogP contribution >= 0.6 is 0 Å². The number of hydrogen-bond donors (Lipinski definition) is 2. The number of halogens is 1. The topological polar surface area (TPSA) is 38.0 Å². The third kappa shape index (κ3) is 3.23. The van der Waals surface area contributed by atoms with Crippen molar-refractivity contribution in [1.82, 2.24) is 0 Å². The molecule has 0 fully saturated rings. The molecular weight excluding hydrogens is 227 g/mol. The van der Waals surface area contributed by atoms with E-state index in [-0.39, 0.29) is 5.82 Å². The van der Waals surface area contributed by atoms with Gasteiger partial charge in [-0.25, -0.2) is 4.39 Å². The van der Waals surface area contributed by atoms with Crippen LogP contribution < -0.4 is 11.1 Å². The Bertz CT molecular complexity index is 538. The summed E-state index contributed by atoms with van der Waals surface area (Å²) in [5.41, 5.74) is 9.65. The Hall–Kier alpha value is -2.03. The van der Waals surface area contributed by atoms with E-state index in [0.29, 0.717) is 0 Å². The first-order valence-electron chi connectivity index (χ1n) is 5.99. The van der Waals surface area contributed by atoms with Crippen molar-refractivity contribution < 1.29 is 4.39 Å².